The van der Waals surface area contributed by atoms with Gasteiger partial charge in [0.15, 0.2) is 4.69 Å². The summed E-state index contributed by atoms with van der Waals surface area (Å²) in [5, 5.41) is 0. The van der Waals surface area contributed by atoms with Crippen molar-refractivity contribution in [1.29, 1.82) is 0 Å². The molecule has 0 amide bonds. The van der Waals surface area contributed by atoms with Gasteiger partial charge in [-0.3, -0.25) is 4.79 Å². The molecular formula is C3H4BrO. The van der Waals surface area contributed by atoms with Gasteiger partial charge in [0.1, 0.15) is 0 Å². The van der Waals surface area contributed by atoms with E-state index in [9.17, 15) is 4.79 Å². The van der Waals surface area contributed by atoms with Crippen LogP contribution in [0, 0.1) is 6.92 Å². The Morgan fingerprint density at radius 3 is 2.20 bits per heavy atom. The Morgan fingerprint density at radius 2 is 2.20 bits per heavy atom. The third kappa shape index (κ3) is 4.15. The van der Waals surface area contributed by atoms with E-state index in [1.807, 2.05) is 0 Å². The van der Waals surface area contributed by atoms with Crippen molar-refractivity contribution in [1.82, 2.24) is 0 Å². The SMILES string of the molecule is [CH2]CC(=O)Br. The lowest BCUT2D eigenvalue weighted by atomic mass is 10.6. The van der Waals surface area contributed by atoms with Gasteiger partial charge in [0, 0.05) is 6.42 Å². The first kappa shape index (κ1) is 5.15. The molecule has 0 rings (SSSR count). The maximum Gasteiger partial charge on any atom is 0.197 e. The zero-order valence-corrected chi connectivity index (χ0v) is 4.29. The van der Waals surface area contributed by atoms with Crippen LogP contribution in [0.25, 0.3) is 0 Å². The van der Waals surface area contributed by atoms with E-state index in [0.29, 0.717) is 6.42 Å². The van der Waals surface area contributed by atoms with E-state index in [4.69, 9.17) is 0 Å². The van der Waals surface area contributed by atoms with Crippen molar-refractivity contribution >= 4 is 20.6 Å². The molecule has 2 heteroatoms. The molecule has 0 fully saturated rings. The highest BCUT2D eigenvalue weighted by Gasteiger charge is 1.80. The van der Waals surface area contributed by atoms with Gasteiger partial charge in [-0.25, -0.2) is 0 Å². The largest absolute Gasteiger partial charge is 0.287 e. The van der Waals surface area contributed by atoms with Crippen molar-refractivity contribution < 1.29 is 4.79 Å². The molecule has 0 aliphatic carbocycles. The second-order valence-electron chi connectivity index (χ2n) is 0.605. The quantitative estimate of drug-likeness (QED) is 0.494. The molecule has 1 nitrogen and oxygen atoms in total. The Morgan fingerprint density at radius 1 is 2.00 bits per heavy atom. The number of rotatable bonds is 1. The lowest BCUT2D eigenvalue weighted by Crippen LogP contribution is -1.73. The van der Waals surface area contributed by atoms with Gasteiger partial charge < -0.3 is 0 Å². The van der Waals surface area contributed by atoms with Crippen LogP contribution in [0.4, 0.5) is 0 Å². The van der Waals surface area contributed by atoms with Gasteiger partial charge in [0.05, 0.1) is 0 Å². The van der Waals surface area contributed by atoms with Crippen LogP contribution in [-0.4, -0.2) is 4.69 Å². The number of carbonyl (C=O) groups is 1. The van der Waals surface area contributed by atoms with Crippen LogP contribution in [0.5, 0.6) is 0 Å². The van der Waals surface area contributed by atoms with Gasteiger partial charge in [-0.15, -0.1) is 0 Å². The van der Waals surface area contributed by atoms with Crippen LogP contribution in [0.1, 0.15) is 6.42 Å². The Balaban J connectivity index is 2.85. The van der Waals surface area contributed by atoms with Gasteiger partial charge in [0.2, 0.25) is 0 Å². The predicted octanol–water partition coefficient (Wildman–Crippen LogP) is 1.13. The molecule has 0 saturated heterocycles. The van der Waals surface area contributed by atoms with Crippen molar-refractivity contribution in [2.45, 2.75) is 6.42 Å². The van der Waals surface area contributed by atoms with Crippen LogP contribution in [0.3, 0.4) is 0 Å². The highest BCUT2D eigenvalue weighted by atomic mass is 79.9. The fourth-order valence-corrected chi connectivity index (χ4v) is 0. The second kappa shape index (κ2) is 2.39. The number of halogens is 1. The maximum absolute atomic E-state index is 9.67. The topological polar surface area (TPSA) is 17.1 Å². The molecule has 29 valence electrons. The third-order valence-electron chi connectivity index (χ3n) is 0.197. The van der Waals surface area contributed by atoms with Crippen LogP contribution in [0.15, 0.2) is 0 Å². The number of carbonyl (C=O) groups excluding carboxylic acids is 1. The first-order chi connectivity index (χ1) is 2.27. The van der Waals surface area contributed by atoms with Gasteiger partial charge in [-0.1, -0.05) is 0 Å². The predicted molar refractivity (Wildman–Crippen MR) is 23.9 cm³/mol. The van der Waals surface area contributed by atoms with Crippen LogP contribution < -0.4 is 0 Å². The Kier molecular flexibility index (Phi) is 2.46. The average Bonchev–Trinajstić information content (AvgIpc) is 1.38. The molecule has 0 spiro atoms. The van der Waals surface area contributed by atoms with Gasteiger partial charge in [0.25, 0.3) is 0 Å². The third-order valence-corrected chi connectivity index (χ3v) is 0.593. The lowest BCUT2D eigenvalue weighted by molar-refractivity contribution is -0.109. The standard InChI is InChI=1S/C3H4BrO/c1-2-3(4)5/h1-2H2. The van der Waals surface area contributed by atoms with Crippen molar-refractivity contribution in [3.05, 3.63) is 6.92 Å². The zero-order valence-electron chi connectivity index (χ0n) is 2.70. The fraction of sp³-hybridized carbons (Fsp3) is 0.333. The molecule has 0 heterocycles. The average molecular weight is 136 g/mol. The van der Waals surface area contributed by atoms with E-state index < -0.39 is 0 Å². The van der Waals surface area contributed by atoms with Crippen molar-refractivity contribution in [3.8, 4) is 0 Å². The summed E-state index contributed by atoms with van der Waals surface area (Å²) >= 11 is 2.67. The molecular weight excluding hydrogens is 132 g/mol. The van der Waals surface area contributed by atoms with E-state index in [1.165, 1.54) is 0 Å². The van der Waals surface area contributed by atoms with Gasteiger partial charge in [-0.2, -0.15) is 0 Å². The highest BCUT2D eigenvalue weighted by Crippen LogP contribution is 1.85. The molecule has 1 radical (unpaired) electrons. The minimum Gasteiger partial charge on any atom is -0.287 e. The monoisotopic (exact) mass is 135 g/mol. The van der Waals surface area contributed by atoms with Crippen molar-refractivity contribution in [3.63, 3.8) is 0 Å². The minimum absolute atomic E-state index is 0.0440. The highest BCUT2D eigenvalue weighted by molar-refractivity contribution is 9.18. The molecule has 0 aromatic heterocycles. The van der Waals surface area contributed by atoms with Gasteiger partial charge in [-0.05, 0) is 22.9 Å². The van der Waals surface area contributed by atoms with E-state index in [1.54, 1.807) is 0 Å². The molecule has 0 aromatic rings. The fourth-order valence-electron chi connectivity index (χ4n) is 0. The van der Waals surface area contributed by atoms with E-state index in [2.05, 4.69) is 22.9 Å². The smallest absolute Gasteiger partial charge is 0.197 e. The summed E-state index contributed by atoms with van der Waals surface area (Å²) < 4.78 is -0.0440. The second-order valence-corrected chi connectivity index (χ2v) is 1.49. The van der Waals surface area contributed by atoms with E-state index in [0.717, 1.165) is 0 Å². The minimum atomic E-state index is -0.0440. The van der Waals surface area contributed by atoms with Crippen molar-refractivity contribution in [2.24, 2.45) is 0 Å². The maximum atomic E-state index is 9.67. The van der Waals surface area contributed by atoms with Crippen molar-refractivity contribution in [2.75, 3.05) is 0 Å². The lowest BCUT2D eigenvalue weighted by Gasteiger charge is -1.68. The number of hydrogen-bond donors (Lipinski definition) is 0. The zero-order chi connectivity index (χ0) is 4.28. The van der Waals surface area contributed by atoms with Gasteiger partial charge >= 0.3 is 0 Å². The molecule has 0 aromatic carbocycles. The first-order valence-electron chi connectivity index (χ1n) is 1.25. The Hall–Kier alpha value is 0.150. The molecule has 5 heavy (non-hydrogen) atoms. The summed E-state index contributed by atoms with van der Waals surface area (Å²) in [6.07, 6.45) is 0.333. The molecule has 0 unspecified atom stereocenters. The number of hydrogen-bond acceptors (Lipinski definition) is 1. The Bertz CT molecular complexity index is 42.2. The molecule has 0 aliphatic heterocycles. The summed E-state index contributed by atoms with van der Waals surface area (Å²) in [6.45, 7) is 3.29. The summed E-state index contributed by atoms with van der Waals surface area (Å²) in [4.78, 5) is 9.67. The molecule has 0 bridgehead atoms. The van der Waals surface area contributed by atoms with Crippen LogP contribution in [-0.2, 0) is 4.79 Å². The van der Waals surface area contributed by atoms with Crippen LogP contribution >= 0.6 is 15.9 Å². The summed E-state index contributed by atoms with van der Waals surface area (Å²) in [5.41, 5.74) is 0. The summed E-state index contributed by atoms with van der Waals surface area (Å²) in [5.74, 6) is 0. The van der Waals surface area contributed by atoms with E-state index in [-0.39, 0.29) is 4.69 Å². The summed E-state index contributed by atoms with van der Waals surface area (Å²) in [6, 6.07) is 0. The molecule has 0 atom stereocenters. The van der Waals surface area contributed by atoms with E-state index >= 15 is 0 Å². The first-order valence-corrected chi connectivity index (χ1v) is 2.04. The summed E-state index contributed by atoms with van der Waals surface area (Å²) in [7, 11) is 0. The normalized spacial score (nSPS) is 7.60. The molecule has 0 aliphatic rings. The molecule has 0 N–H and O–H groups in total. The Labute approximate surface area is 39.5 Å². The molecule has 0 saturated carbocycles. The van der Waals surface area contributed by atoms with Crippen LogP contribution in [0.2, 0.25) is 0 Å².